The van der Waals surface area contributed by atoms with E-state index >= 15 is 0 Å². The molecule has 0 aromatic heterocycles. The van der Waals surface area contributed by atoms with Crippen LogP contribution in [0.3, 0.4) is 0 Å². The van der Waals surface area contributed by atoms with Crippen LogP contribution in [0.15, 0.2) is 48.5 Å². The maximum atomic E-state index is 12.7. The molecule has 0 amide bonds. The fraction of sp³-hybridized carbons (Fsp3) is 0.263. The maximum Gasteiger partial charge on any atom is 0.416 e. The minimum Gasteiger partial charge on any atom is -0.482 e. The normalized spacial score (nSPS) is 12.3. The number of carbonyl (C=O) groups is 1. The first-order valence-corrected chi connectivity index (χ1v) is 8.92. The van der Waals surface area contributed by atoms with Gasteiger partial charge in [-0.3, -0.25) is 0 Å². The number of rotatable bonds is 7. The van der Waals surface area contributed by atoms with Crippen LogP contribution in [0.5, 0.6) is 5.75 Å². The highest BCUT2D eigenvalue weighted by atomic mass is 32.1. The molecule has 8 heteroatoms. The summed E-state index contributed by atoms with van der Waals surface area (Å²) in [6.45, 7) is 1.79. The summed E-state index contributed by atoms with van der Waals surface area (Å²) in [6, 6.07) is 11.4. The lowest BCUT2D eigenvalue weighted by atomic mass is 10.0. The molecule has 2 rings (SSSR count). The van der Waals surface area contributed by atoms with Crippen molar-refractivity contribution in [1.29, 1.82) is 0 Å². The van der Waals surface area contributed by atoms with Crippen LogP contribution >= 0.6 is 24.8 Å². The number of esters is 1. The van der Waals surface area contributed by atoms with Gasteiger partial charge in [0.1, 0.15) is 5.75 Å². The molecule has 0 aliphatic heterocycles. The molecule has 0 aliphatic carbocycles. The highest BCUT2D eigenvalue weighted by molar-refractivity contribution is 7.86. The van der Waals surface area contributed by atoms with E-state index < -0.39 is 23.0 Å². The van der Waals surface area contributed by atoms with Crippen molar-refractivity contribution >= 4 is 35.7 Å². The van der Waals surface area contributed by atoms with Crippen molar-refractivity contribution in [2.45, 2.75) is 18.3 Å². The van der Waals surface area contributed by atoms with Gasteiger partial charge in [0.15, 0.2) is 6.61 Å². The summed E-state index contributed by atoms with van der Waals surface area (Å²) >= 11 is 9.84. The minimum atomic E-state index is -4.38. The van der Waals surface area contributed by atoms with Gasteiger partial charge in [0, 0.05) is 4.86 Å². The van der Waals surface area contributed by atoms with Gasteiger partial charge in [-0.05, 0) is 42.3 Å². The van der Waals surface area contributed by atoms with Crippen LogP contribution in [0.4, 0.5) is 13.2 Å². The number of alkyl halides is 3. The van der Waals surface area contributed by atoms with Gasteiger partial charge in [-0.25, -0.2) is 4.79 Å². The van der Waals surface area contributed by atoms with Crippen LogP contribution in [0.25, 0.3) is 0 Å². The topological polar surface area (TPSA) is 35.5 Å². The smallest absolute Gasteiger partial charge is 0.416 e. The molecular formula is C19H17F3O3S2. The summed E-state index contributed by atoms with van der Waals surface area (Å²) in [7, 11) is 0. The first-order chi connectivity index (χ1) is 12.7. The Kier molecular flexibility index (Phi) is 7.26. The molecule has 144 valence electrons. The summed E-state index contributed by atoms with van der Waals surface area (Å²) in [5.41, 5.74) is 0.535. The van der Waals surface area contributed by atoms with Gasteiger partial charge in [0.25, 0.3) is 0 Å². The van der Waals surface area contributed by atoms with Gasteiger partial charge in [0.05, 0.1) is 17.4 Å². The molecule has 2 aromatic rings. The third kappa shape index (κ3) is 5.97. The summed E-state index contributed by atoms with van der Waals surface area (Å²) in [5.74, 6) is 0.00895. The van der Waals surface area contributed by atoms with E-state index in [0.29, 0.717) is 21.7 Å². The Balaban J connectivity index is 2.03. The summed E-state index contributed by atoms with van der Waals surface area (Å²) in [4.78, 5) is 11.7. The van der Waals surface area contributed by atoms with Gasteiger partial charge in [0.2, 0.25) is 0 Å². The number of thiol groups is 1. The average molecular weight is 414 g/mol. The molecule has 1 unspecified atom stereocenters. The number of halogens is 3. The van der Waals surface area contributed by atoms with Crippen LogP contribution in [-0.4, -0.2) is 24.0 Å². The van der Waals surface area contributed by atoms with Crippen LogP contribution in [-0.2, 0) is 15.7 Å². The second-order valence-corrected chi connectivity index (χ2v) is 6.46. The Morgan fingerprint density at radius 1 is 1.11 bits per heavy atom. The molecule has 0 saturated carbocycles. The van der Waals surface area contributed by atoms with E-state index in [9.17, 15) is 18.0 Å². The van der Waals surface area contributed by atoms with E-state index in [1.165, 1.54) is 12.1 Å². The Hall–Kier alpha value is -2.06. The Labute approximate surface area is 165 Å². The summed E-state index contributed by atoms with van der Waals surface area (Å²) in [5, 5.41) is -0.534. The van der Waals surface area contributed by atoms with Crippen molar-refractivity contribution in [1.82, 2.24) is 0 Å². The highest BCUT2D eigenvalue weighted by Gasteiger charge is 2.30. The number of hydrogen-bond donors (Lipinski definition) is 1. The van der Waals surface area contributed by atoms with Crippen molar-refractivity contribution in [3.63, 3.8) is 0 Å². The molecule has 2 aromatic carbocycles. The molecular weight excluding hydrogens is 397 g/mol. The zero-order valence-corrected chi connectivity index (χ0v) is 16.0. The van der Waals surface area contributed by atoms with Crippen molar-refractivity contribution in [3.8, 4) is 5.75 Å². The largest absolute Gasteiger partial charge is 0.482 e. The molecule has 0 saturated heterocycles. The van der Waals surface area contributed by atoms with Crippen molar-refractivity contribution in [3.05, 3.63) is 65.2 Å². The quantitative estimate of drug-likeness (QED) is 0.298. The predicted octanol–water partition coefficient (Wildman–Crippen LogP) is 5.04. The fourth-order valence-corrected chi connectivity index (χ4v) is 2.82. The standard InChI is InChI=1S/C19H17F3O3S2/c1-2-24-16(23)11-25-15-9-5-13(6-10-15)18(27)17(26)12-3-7-14(8-4-12)19(20,21)22/h3-10,17,26H,2,11H2,1H3. The lowest BCUT2D eigenvalue weighted by Crippen LogP contribution is -2.14. The van der Waals surface area contributed by atoms with Crippen molar-refractivity contribution in [2.75, 3.05) is 13.2 Å². The van der Waals surface area contributed by atoms with E-state index in [4.69, 9.17) is 21.7 Å². The number of ether oxygens (including phenoxy) is 2. The third-order valence-corrected chi connectivity index (χ3v) is 4.81. The van der Waals surface area contributed by atoms with Gasteiger partial charge in [-0.2, -0.15) is 25.8 Å². The Bertz CT molecular complexity index is 787. The summed E-state index contributed by atoms with van der Waals surface area (Å²) in [6.07, 6.45) is -4.38. The van der Waals surface area contributed by atoms with Crippen LogP contribution < -0.4 is 4.74 Å². The average Bonchev–Trinajstić information content (AvgIpc) is 2.65. The van der Waals surface area contributed by atoms with Gasteiger partial charge in [-0.15, -0.1) is 0 Å². The zero-order chi connectivity index (χ0) is 20.0. The molecule has 0 fully saturated rings. The van der Waals surface area contributed by atoms with Gasteiger partial charge in [-0.1, -0.05) is 36.5 Å². The van der Waals surface area contributed by atoms with Crippen LogP contribution in [0.2, 0.25) is 0 Å². The molecule has 0 N–H and O–H groups in total. The molecule has 0 heterocycles. The molecule has 0 radical (unpaired) electrons. The van der Waals surface area contributed by atoms with Gasteiger partial charge >= 0.3 is 12.1 Å². The number of carbonyl (C=O) groups excluding carboxylic acids is 1. The molecule has 3 nitrogen and oxygen atoms in total. The predicted molar refractivity (Wildman–Crippen MR) is 103 cm³/mol. The Morgan fingerprint density at radius 3 is 2.22 bits per heavy atom. The number of benzene rings is 2. The van der Waals surface area contributed by atoms with E-state index in [1.54, 1.807) is 31.2 Å². The molecule has 1 atom stereocenters. The second-order valence-electron chi connectivity index (χ2n) is 5.50. The fourth-order valence-electron chi connectivity index (χ4n) is 2.22. The number of thiocarbonyl (C=S) groups is 1. The lowest BCUT2D eigenvalue weighted by Gasteiger charge is -2.15. The van der Waals surface area contributed by atoms with E-state index in [-0.39, 0.29) is 13.2 Å². The minimum absolute atomic E-state index is 0.196. The monoisotopic (exact) mass is 414 g/mol. The SMILES string of the molecule is CCOC(=O)COc1ccc(C(=S)C(S)c2ccc(C(F)(F)F)cc2)cc1. The van der Waals surface area contributed by atoms with Crippen molar-refractivity contribution in [2.24, 2.45) is 0 Å². The van der Waals surface area contributed by atoms with Crippen molar-refractivity contribution < 1.29 is 27.4 Å². The zero-order valence-electron chi connectivity index (χ0n) is 14.3. The van der Waals surface area contributed by atoms with E-state index in [0.717, 1.165) is 12.1 Å². The van der Waals surface area contributed by atoms with E-state index in [1.807, 2.05) is 0 Å². The lowest BCUT2D eigenvalue weighted by molar-refractivity contribution is -0.145. The first kappa shape index (κ1) is 21.2. The van der Waals surface area contributed by atoms with Crippen LogP contribution in [0.1, 0.15) is 28.9 Å². The molecule has 0 aliphatic rings. The van der Waals surface area contributed by atoms with Crippen LogP contribution in [0, 0.1) is 0 Å². The van der Waals surface area contributed by atoms with Gasteiger partial charge < -0.3 is 9.47 Å². The Morgan fingerprint density at radius 2 is 1.70 bits per heavy atom. The van der Waals surface area contributed by atoms with E-state index in [2.05, 4.69) is 12.6 Å². The molecule has 0 bridgehead atoms. The maximum absolute atomic E-state index is 12.7. The number of hydrogen-bond acceptors (Lipinski definition) is 5. The highest BCUT2D eigenvalue weighted by Crippen LogP contribution is 2.32. The molecule has 27 heavy (non-hydrogen) atoms. The third-order valence-electron chi connectivity index (χ3n) is 3.60. The molecule has 0 spiro atoms. The summed E-state index contributed by atoms with van der Waals surface area (Å²) < 4.78 is 48.0. The second kappa shape index (κ2) is 9.23. The first-order valence-electron chi connectivity index (χ1n) is 8.00.